The first-order valence-electron chi connectivity index (χ1n) is 9.72. The van der Waals surface area contributed by atoms with Gasteiger partial charge in [-0.25, -0.2) is 0 Å². The molecule has 0 aliphatic heterocycles. The van der Waals surface area contributed by atoms with E-state index < -0.39 is 0 Å². The summed E-state index contributed by atoms with van der Waals surface area (Å²) in [6.45, 7) is 0. The molecule has 4 nitrogen and oxygen atoms in total. The van der Waals surface area contributed by atoms with Gasteiger partial charge in [0, 0.05) is 22.5 Å². The smallest absolute Gasteiger partial charge is 0.196 e. The number of hydrogen-bond donors (Lipinski definition) is 2. The summed E-state index contributed by atoms with van der Waals surface area (Å²) in [6.07, 6.45) is 0. The van der Waals surface area contributed by atoms with Gasteiger partial charge in [-0.3, -0.25) is 9.59 Å². The third kappa shape index (κ3) is 3.05. The zero-order valence-corrected chi connectivity index (χ0v) is 16.1. The first-order chi connectivity index (χ1) is 14.7. The van der Waals surface area contributed by atoms with Crippen LogP contribution < -0.4 is 10.6 Å². The van der Waals surface area contributed by atoms with Gasteiger partial charge in [-0.2, -0.15) is 0 Å². The maximum absolute atomic E-state index is 13.4. The fourth-order valence-corrected chi connectivity index (χ4v) is 3.80. The maximum Gasteiger partial charge on any atom is 0.196 e. The van der Waals surface area contributed by atoms with E-state index in [1.807, 2.05) is 72.8 Å². The summed E-state index contributed by atoms with van der Waals surface area (Å²) in [5, 5.41) is 6.56. The molecule has 0 heterocycles. The number of nitrogens with one attached hydrogen (secondary N) is 2. The Morgan fingerprint density at radius 2 is 0.833 bits per heavy atom. The minimum atomic E-state index is -0.157. The Morgan fingerprint density at radius 3 is 1.23 bits per heavy atom. The Bertz CT molecular complexity index is 1160. The molecule has 0 saturated carbocycles. The molecule has 0 spiro atoms. The van der Waals surface area contributed by atoms with Gasteiger partial charge in [0.1, 0.15) is 0 Å². The first kappa shape index (κ1) is 17.9. The van der Waals surface area contributed by atoms with Crippen molar-refractivity contribution in [1.82, 2.24) is 0 Å². The molecule has 0 unspecified atom stereocenters. The molecular weight excluding hydrogens is 372 g/mol. The van der Waals surface area contributed by atoms with Crippen LogP contribution in [0.2, 0.25) is 0 Å². The van der Waals surface area contributed by atoms with Crippen LogP contribution in [0.25, 0.3) is 0 Å². The van der Waals surface area contributed by atoms with Gasteiger partial charge >= 0.3 is 0 Å². The molecule has 0 fully saturated rings. The number of anilines is 4. The van der Waals surface area contributed by atoms with E-state index in [4.69, 9.17) is 0 Å². The number of rotatable bonds is 4. The molecule has 5 rings (SSSR count). The van der Waals surface area contributed by atoms with E-state index in [0.29, 0.717) is 33.6 Å². The van der Waals surface area contributed by atoms with Crippen LogP contribution in [-0.4, -0.2) is 11.6 Å². The van der Waals surface area contributed by atoms with E-state index in [0.717, 1.165) is 11.4 Å². The number of hydrogen-bond acceptors (Lipinski definition) is 4. The molecule has 30 heavy (non-hydrogen) atoms. The van der Waals surface area contributed by atoms with Gasteiger partial charge in [-0.15, -0.1) is 0 Å². The highest BCUT2D eigenvalue weighted by Crippen LogP contribution is 2.37. The fourth-order valence-electron chi connectivity index (χ4n) is 3.80. The number of carbonyl (C=O) groups excluding carboxylic acids is 2. The van der Waals surface area contributed by atoms with Crippen LogP contribution in [0.4, 0.5) is 22.7 Å². The summed E-state index contributed by atoms with van der Waals surface area (Å²) < 4.78 is 0. The summed E-state index contributed by atoms with van der Waals surface area (Å²) >= 11 is 0. The monoisotopic (exact) mass is 390 g/mol. The second-order valence-corrected chi connectivity index (χ2v) is 7.10. The minimum Gasteiger partial charge on any atom is -0.355 e. The number of para-hydroxylation sites is 2. The standard InChI is InChI=1S/C26H18N2O2/c29-25-20-14-8-16-22(28-18-11-5-2-6-12-18)24(20)26(30)19-13-7-15-21(23(19)25)27-17-9-3-1-4-10-17/h1-16,27-28H. The van der Waals surface area contributed by atoms with E-state index in [9.17, 15) is 9.59 Å². The topological polar surface area (TPSA) is 58.2 Å². The van der Waals surface area contributed by atoms with Crippen molar-refractivity contribution in [3.8, 4) is 0 Å². The fraction of sp³-hybridized carbons (Fsp3) is 0. The lowest BCUT2D eigenvalue weighted by Gasteiger charge is -2.23. The quantitative estimate of drug-likeness (QED) is 0.398. The number of carbonyl (C=O) groups is 2. The number of benzene rings is 4. The van der Waals surface area contributed by atoms with Gasteiger partial charge in [0.25, 0.3) is 0 Å². The van der Waals surface area contributed by atoms with Crippen molar-refractivity contribution < 1.29 is 9.59 Å². The summed E-state index contributed by atoms with van der Waals surface area (Å²) in [5.41, 5.74) is 4.62. The third-order valence-electron chi connectivity index (χ3n) is 5.18. The van der Waals surface area contributed by atoms with E-state index in [2.05, 4.69) is 10.6 Å². The van der Waals surface area contributed by atoms with E-state index in [1.54, 1.807) is 24.3 Å². The zero-order valence-electron chi connectivity index (χ0n) is 16.1. The summed E-state index contributed by atoms with van der Waals surface area (Å²) in [5.74, 6) is -0.314. The molecule has 0 bridgehead atoms. The molecule has 0 saturated heterocycles. The molecule has 0 aromatic heterocycles. The Kier molecular flexibility index (Phi) is 4.37. The van der Waals surface area contributed by atoms with Crippen LogP contribution in [0.15, 0.2) is 97.1 Å². The highest BCUT2D eigenvalue weighted by Gasteiger charge is 2.33. The van der Waals surface area contributed by atoms with E-state index in [1.165, 1.54) is 0 Å². The Hall–Kier alpha value is -4.18. The van der Waals surface area contributed by atoms with Crippen molar-refractivity contribution in [2.45, 2.75) is 0 Å². The minimum absolute atomic E-state index is 0.157. The molecular formula is C26H18N2O2. The van der Waals surface area contributed by atoms with Crippen molar-refractivity contribution in [3.05, 3.63) is 119 Å². The molecule has 0 atom stereocenters. The zero-order chi connectivity index (χ0) is 20.5. The van der Waals surface area contributed by atoms with Crippen LogP contribution >= 0.6 is 0 Å². The molecule has 1 aliphatic rings. The predicted octanol–water partition coefficient (Wildman–Crippen LogP) is 5.95. The highest BCUT2D eigenvalue weighted by molar-refractivity contribution is 6.32. The Balaban J connectivity index is 1.60. The second kappa shape index (κ2) is 7.33. The average Bonchev–Trinajstić information content (AvgIpc) is 2.79. The normalized spacial score (nSPS) is 12.1. The molecule has 4 aromatic carbocycles. The predicted molar refractivity (Wildman–Crippen MR) is 119 cm³/mol. The van der Waals surface area contributed by atoms with Gasteiger partial charge < -0.3 is 10.6 Å². The van der Waals surface area contributed by atoms with Crippen molar-refractivity contribution in [1.29, 1.82) is 0 Å². The third-order valence-corrected chi connectivity index (χ3v) is 5.18. The first-order valence-corrected chi connectivity index (χ1v) is 9.72. The van der Waals surface area contributed by atoms with Gasteiger partial charge in [0.2, 0.25) is 0 Å². The molecule has 4 heteroatoms. The molecule has 2 N–H and O–H groups in total. The van der Waals surface area contributed by atoms with Crippen molar-refractivity contribution in [2.24, 2.45) is 0 Å². The summed E-state index contributed by atoms with van der Waals surface area (Å²) in [6, 6.07) is 29.9. The van der Waals surface area contributed by atoms with Crippen LogP contribution in [0.5, 0.6) is 0 Å². The maximum atomic E-state index is 13.4. The number of fused-ring (bicyclic) bond motifs is 2. The van der Waals surface area contributed by atoms with Gasteiger partial charge in [0.15, 0.2) is 11.6 Å². The van der Waals surface area contributed by atoms with Crippen LogP contribution in [0, 0.1) is 0 Å². The van der Waals surface area contributed by atoms with Gasteiger partial charge in [-0.1, -0.05) is 60.7 Å². The molecule has 144 valence electrons. The molecule has 1 aliphatic carbocycles. The van der Waals surface area contributed by atoms with E-state index >= 15 is 0 Å². The summed E-state index contributed by atoms with van der Waals surface area (Å²) in [4.78, 5) is 26.9. The molecule has 4 aromatic rings. The lowest BCUT2D eigenvalue weighted by molar-refractivity contribution is 0.0980. The molecule has 0 amide bonds. The molecule has 0 radical (unpaired) electrons. The second-order valence-electron chi connectivity index (χ2n) is 7.10. The van der Waals surface area contributed by atoms with Crippen molar-refractivity contribution in [2.75, 3.05) is 10.6 Å². The van der Waals surface area contributed by atoms with Crippen molar-refractivity contribution >= 4 is 34.3 Å². The average molecular weight is 390 g/mol. The van der Waals surface area contributed by atoms with E-state index in [-0.39, 0.29) is 11.6 Å². The number of ketones is 2. The van der Waals surface area contributed by atoms with Crippen LogP contribution in [0.3, 0.4) is 0 Å². The van der Waals surface area contributed by atoms with Gasteiger partial charge in [-0.05, 0) is 36.4 Å². The highest BCUT2D eigenvalue weighted by atomic mass is 16.1. The Morgan fingerprint density at radius 1 is 0.433 bits per heavy atom. The van der Waals surface area contributed by atoms with Crippen LogP contribution in [-0.2, 0) is 0 Å². The SMILES string of the molecule is O=C1c2cccc(Nc3ccccc3)c2C(=O)c2cccc(Nc3ccccc3)c21. The van der Waals surface area contributed by atoms with Crippen molar-refractivity contribution in [3.63, 3.8) is 0 Å². The van der Waals surface area contributed by atoms with Crippen LogP contribution in [0.1, 0.15) is 31.8 Å². The Labute approximate surface area is 174 Å². The summed E-state index contributed by atoms with van der Waals surface area (Å²) in [7, 11) is 0. The lowest BCUT2D eigenvalue weighted by atomic mass is 9.82. The largest absolute Gasteiger partial charge is 0.355 e. The van der Waals surface area contributed by atoms with Gasteiger partial charge in [0.05, 0.1) is 22.5 Å². The lowest BCUT2D eigenvalue weighted by Crippen LogP contribution is -2.23.